The molecule has 0 bridgehead atoms. The summed E-state index contributed by atoms with van der Waals surface area (Å²) in [6, 6.07) is 10.4. The van der Waals surface area contributed by atoms with Gasteiger partial charge in [-0.15, -0.1) is 0 Å². The van der Waals surface area contributed by atoms with E-state index in [9.17, 15) is 9.18 Å². The van der Waals surface area contributed by atoms with Crippen LogP contribution in [-0.2, 0) is 6.54 Å². The fourth-order valence-corrected chi connectivity index (χ4v) is 2.40. The Morgan fingerprint density at radius 1 is 1.28 bits per heavy atom. The van der Waals surface area contributed by atoms with Gasteiger partial charge in [0.25, 0.3) is 0 Å². The van der Waals surface area contributed by atoms with E-state index in [0.29, 0.717) is 23.0 Å². The number of aryl methyl sites for hydroxylation is 1. The monoisotopic (exact) mass is 340 g/mol. The van der Waals surface area contributed by atoms with E-state index in [2.05, 4.69) is 15.5 Å². The average molecular weight is 340 g/mol. The molecule has 0 saturated heterocycles. The van der Waals surface area contributed by atoms with Crippen molar-refractivity contribution in [3.63, 3.8) is 0 Å². The predicted octanol–water partition coefficient (Wildman–Crippen LogP) is 3.20. The summed E-state index contributed by atoms with van der Waals surface area (Å²) >= 11 is 0. The fourth-order valence-electron chi connectivity index (χ4n) is 2.40. The number of primary amides is 1. The number of hydrogen-bond donors (Lipinski definition) is 2. The van der Waals surface area contributed by atoms with Crippen molar-refractivity contribution in [3.05, 3.63) is 64.8 Å². The number of nitrogens with one attached hydrogen (secondary N) is 1. The van der Waals surface area contributed by atoms with Crippen molar-refractivity contribution in [2.45, 2.75) is 20.4 Å². The van der Waals surface area contributed by atoms with Gasteiger partial charge < -0.3 is 15.6 Å². The first kappa shape index (κ1) is 16.6. The molecule has 6 nitrogen and oxygen atoms in total. The maximum atomic E-state index is 13.9. The summed E-state index contributed by atoms with van der Waals surface area (Å²) < 4.78 is 19.1. The summed E-state index contributed by atoms with van der Waals surface area (Å²) in [6.07, 6.45) is 0. The van der Waals surface area contributed by atoms with Crippen LogP contribution in [0.4, 0.5) is 10.1 Å². The number of benzene rings is 2. The van der Waals surface area contributed by atoms with Crippen LogP contribution in [0.25, 0.3) is 11.4 Å². The van der Waals surface area contributed by atoms with E-state index in [1.807, 2.05) is 31.2 Å². The minimum atomic E-state index is -0.693. The van der Waals surface area contributed by atoms with Crippen molar-refractivity contribution < 1.29 is 13.7 Å². The molecule has 0 aliphatic heterocycles. The number of aromatic nitrogens is 2. The van der Waals surface area contributed by atoms with Gasteiger partial charge in [0, 0.05) is 22.4 Å². The van der Waals surface area contributed by atoms with E-state index in [0.717, 1.165) is 17.2 Å². The Bertz CT molecular complexity index is 937. The number of nitrogens with two attached hydrogens (primary N) is 1. The normalized spacial score (nSPS) is 10.7. The largest absolute Gasteiger partial charge is 0.376 e. The summed E-state index contributed by atoms with van der Waals surface area (Å²) in [5, 5.41) is 6.95. The van der Waals surface area contributed by atoms with E-state index in [1.165, 1.54) is 6.07 Å². The van der Waals surface area contributed by atoms with E-state index >= 15 is 0 Å². The van der Waals surface area contributed by atoms with Gasteiger partial charge in [0.2, 0.25) is 17.6 Å². The zero-order valence-electron chi connectivity index (χ0n) is 13.8. The molecular weight excluding hydrogens is 323 g/mol. The first-order valence-electron chi connectivity index (χ1n) is 7.67. The number of rotatable bonds is 5. The molecule has 0 unspecified atom stereocenters. The highest BCUT2D eigenvalue weighted by Crippen LogP contribution is 2.22. The van der Waals surface area contributed by atoms with Crippen LogP contribution in [0.1, 0.15) is 27.4 Å². The van der Waals surface area contributed by atoms with Gasteiger partial charge in [-0.1, -0.05) is 28.9 Å². The molecule has 0 aliphatic rings. The van der Waals surface area contributed by atoms with Gasteiger partial charge in [0.05, 0.1) is 6.54 Å². The molecule has 0 atom stereocenters. The second-order valence-electron chi connectivity index (χ2n) is 5.73. The summed E-state index contributed by atoms with van der Waals surface area (Å²) in [5.41, 5.74) is 8.08. The number of amides is 1. The topological polar surface area (TPSA) is 94.0 Å². The summed E-state index contributed by atoms with van der Waals surface area (Å²) in [6.45, 7) is 3.78. The summed E-state index contributed by atoms with van der Waals surface area (Å²) in [5.74, 6) is -0.374. The lowest BCUT2D eigenvalue weighted by atomic mass is 10.1. The third-order valence-electron chi connectivity index (χ3n) is 3.80. The van der Waals surface area contributed by atoms with Crippen molar-refractivity contribution >= 4 is 11.6 Å². The van der Waals surface area contributed by atoms with Crippen molar-refractivity contribution in [1.82, 2.24) is 10.1 Å². The SMILES string of the molecule is Cc1cccc(-c2noc(CNc3cc(C(N)=O)cc(F)c3C)n2)c1. The number of carbonyl (C=O) groups is 1. The molecule has 0 aliphatic carbocycles. The van der Waals surface area contributed by atoms with E-state index < -0.39 is 11.7 Å². The highest BCUT2D eigenvalue weighted by atomic mass is 19.1. The standard InChI is InChI=1S/C18H17FN4O2/c1-10-4-3-5-12(6-10)18-22-16(25-23-18)9-21-15-8-13(17(20)24)7-14(19)11(15)2/h3-8,21H,9H2,1-2H3,(H2,20,24). The second-order valence-corrected chi connectivity index (χ2v) is 5.73. The van der Waals surface area contributed by atoms with Gasteiger partial charge in [-0.05, 0) is 32.0 Å². The van der Waals surface area contributed by atoms with Crippen LogP contribution < -0.4 is 11.1 Å². The molecule has 2 aromatic carbocycles. The van der Waals surface area contributed by atoms with Crippen molar-refractivity contribution in [3.8, 4) is 11.4 Å². The Morgan fingerprint density at radius 3 is 2.80 bits per heavy atom. The quantitative estimate of drug-likeness (QED) is 0.744. The van der Waals surface area contributed by atoms with Crippen molar-refractivity contribution in [2.75, 3.05) is 5.32 Å². The van der Waals surface area contributed by atoms with Crippen LogP contribution >= 0.6 is 0 Å². The lowest BCUT2D eigenvalue weighted by Crippen LogP contribution is -2.13. The van der Waals surface area contributed by atoms with E-state index in [4.69, 9.17) is 10.3 Å². The lowest BCUT2D eigenvalue weighted by Gasteiger charge is -2.10. The molecule has 3 aromatic rings. The van der Waals surface area contributed by atoms with Gasteiger partial charge in [-0.25, -0.2) is 4.39 Å². The molecule has 0 saturated carbocycles. The number of carbonyl (C=O) groups excluding carboxylic acids is 1. The molecule has 1 amide bonds. The Hall–Kier alpha value is -3.22. The minimum Gasteiger partial charge on any atom is -0.376 e. The maximum absolute atomic E-state index is 13.9. The first-order chi connectivity index (χ1) is 11.9. The van der Waals surface area contributed by atoms with Crippen LogP contribution in [0.3, 0.4) is 0 Å². The third-order valence-corrected chi connectivity index (χ3v) is 3.80. The first-order valence-corrected chi connectivity index (χ1v) is 7.67. The molecule has 0 radical (unpaired) electrons. The van der Waals surface area contributed by atoms with Gasteiger partial charge in [-0.3, -0.25) is 4.79 Å². The Morgan fingerprint density at radius 2 is 2.08 bits per heavy atom. The van der Waals surface area contributed by atoms with Gasteiger partial charge >= 0.3 is 0 Å². The molecule has 128 valence electrons. The second kappa shape index (κ2) is 6.72. The number of anilines is 1. The van der Waals surface area contributed by atoms with Gasteiger partial charge in [0.1, 0.15) is 5.82 Å². The molecule has 7 heteroatoms. The maximum Gasteiger partial charge on any atom is 0.248 e. The highest BCUT2D eigenvalue weighted by Gasteiger charge is 2.12. The van der Waals surface area contributed by atoms with Crippen molar-refractivity contribution in [1.29, 1.82) is 0 Å². The fraction of sp³-hybridized carbons (Fsp3) is 0.167. The molecule has 3 rings (SSSR count). The van der Waals surface area contributed by atoms with Crippen LogP contribution in [-0.4, -0.2) is 16.0 Å². The van der Waals surface area contributed by atoms with Crippen LogP contribution in [0.5, 0.6) is 0 Å². The van der Waals surface area contributed by atoms with Gasteiger partial charge in [-0.2, -0.15) is 4.98 Å². The highest BCUT2D eigenvalue weighted by molar-refractivity contribution is 5.94. The Balaban J connectivity index is 1.78. The van der Waals surface area contributed by atoms with Crippen molar-refractivity contribution in [2.24, 2.45) is 5.73 Å². The number of nitrogens with zero attached hydrogens (tertiary/aromatic N) is 2. The molecule has 25 heavy (non-hydrogen) atoms. The van der Waals surface area contributed by atoms with Crippen LogP contribution in [0.15, 0.2) is 40.9 Å². The Labute approximate surface area is 143 Å². The molecule has 1 heterocycles. The molecule has 3 N–H and O–H groups in total. The zero-order chi connectivity index (χ0) is 18.0. The summed E-state index contributed by atoms with van der Waals surface area (Å²) in [7, 11) is 0. The minimum absolute atomic E-state index is 0.0941. The summed E-state index contributed by atoms with van der Waals surface area (Å²) in [4.78, 5) is 15.6. The predicted molar refractivity (Wildman–Crippen MR) is 91.5 cm³/mol. The molecule has 0 fully saturated rings. The van der Waals surface area contributed by atoms with Gasteiger partial charge in [0.15, 0.2) is 0 Å². The lowest BCUT2D eigenvalue weighted by molar-refractivity contribution is 0.1000. The molecule has 0 spiro atoms. The Kier molecular flexibility index (Phi) is 4.47. The van der Waals surface area contributed by atoms with E-state index in [1.54, 1.807) is 6.92 Å². The van der Waals surface area contributed by atoms with Crippen LogP contribution in [0.2, 0.25) is 0 Å². The average Bonchev–Trinajstić information content (AvgIpc) is 3.05. The zero-order valence-corrected chi connectivity index (χ0v) is 13.8. The number of hydrogen-bond acceptors (Lipinski definition) is 5. The number of halogens is 1. The molecule has 1 aromatic heterocycles. The van der Waals surface area contributed by atoms with Crippen LogP contribution in [0, 0.1) is 19.7 Å². The smallest absolute Gasteiger partial charge is 0.248 e. The molecular formula is C18H17FN4O2. The van der Waals surface area contributed by atoms with E-state index in [-0.39, 0.29) is 12.1 Å². The third kappa shape index (κ3) is 3.65.